The number of nitrogens with two attached hydrogens (primary N) is 1. The van der Waals surface area contributed by atoms with Crippen molar-refractivity contribution >= 4 is 34.6 Å². The van der Waals surface area contributed by atoms with Crippen LogP contribution in [-0.4, -0.2) is 17.0 Å². The summed E-state index contributed by atoms with van der Waals surface area (Å²) in [6.45, 7) is 2.58. The van der Waals surface area contributed by atoms with Gasteiger partial charge in [-0.15, -0.1) is 11.3 Å². The second-order valence-corrected chi connectivity index (χ2v) is 5.66. The van der Waals surface area contributed by atoms with Crippen LogP contribution in [0.25, 0.3) is 0 Å². The molecular formula is C11H14ClN5S. The fourth-order valence-corrected chi connectivity index (χ4v) is 2.71. The maximum Gasteiger partial charge on any atom is 0.145 e. The molecular weight excluding hydrogens is 270 g/mol. The molecule has 0 radical (unpaired) electrons. The largest absolute Gasteiger partial charge is 0.354 e. The first-order valence-electron chi connectivity index (χ1n) is 5.36. The zero-order chi connectivity index (χ0) is 13.1. The Hall–Kier alpha value is -1.37. The van der Waals surface area contributed by atoms with E-state index in [-0.39, 0.29) is 0 Å². The van der Waals surface area contributed by atoms with Gasteiger partial charge in [-0.25, -0.2) is 15.8 Å². The van der Waals surface area contributed by atoms with Crippen molar-refractivity contribution in [3.05, 3.63) is 33.2 Å². The van der Waals surface area contributed by atoms with Crippen molar-refractivity contribution in [3.8, 4) is 0 Å². The Morgan fingerprint density at radius 1 is 1.44 bits per heavy atom. The molecule has 0 aromatic carbocycles. The van der Waals surface area contributed by atoms with E-state index < -0.39 is 0 Å². The predicted octanol–water partition coefficient (Wildman–Crippen LogP) is 2.42. The lowest BCUT2D eigenvalue weighted by atomic mass is 10.4. The molecule has 2 heterocycles. The summed E-state index contributed by atoms with van der Waals surface area (Å²) in [5, 5.41) is 0. The van der Waals surface area contributed by atoms with E-state index >= 15 is 0 Å². The van der Waals surface area contributed by atoms with Gasteiger partial charge in [0.15, 0.2) is 0 Å². The Morgan fingerprint density at radius 2 is 2.22 bits per heavy atom. The number of hydrogen-bond acceptors (Lipinski definition) is 6. The molecule has 7 heteroatoms. The Labute approximate surface area is 115 Å². The van der Waals surface area contributed by atoms with Crippen molar-refractivity contribution in [1.82, 2.24) is 9.97 Å². The molecule has 0 saturated carbocycles. The minimum absolute atomic E-state index is 0.605. The number of anilines is 2. The van der Waals surface area contributed by atoms with Crippen LogP contribution in [0.4, 0.5) is 11.6 Å². The minimum atomic E-state index is 0.605. The molecule has 18 heavy (non-hydrogen) atoms. The molecule has 0 bridgehead atoms. The van der Waals surface area contributed by atoms with E-state index in [1.54, 1.807) is 11.3 Å². The fraction of sp³-hybridized carbons (Fsp3) is 0.273. The van der Waals surface area contributed by atoms with E-state index in [2.05, 4.69) is 15.4 Å². The van der Waals surface area contributed by atoms with Crippen molar-refractivity contribution in [2.24, 2.45) is 5.84 Å². The summed E-state index contributed by atoms with van der Waals surface area (Å²) >= 11 is 7.48. The molecule has 0 fully saturated rings. The van der Waals surface area contributed by atoms with Crippen molar-refractivity contribution in [2.75, 3.05) is 17.4 Å². The number of nitrogen functional groups attached to an aromatic ring is 1. The number of nitrogens with zero attached hydrogens (tertiary/aromatic N) is 3. The van der Waals surface area contributed by atoms with Gasteiger partial charge in [0.25, 0.3) is 0 Å². The zero-order valence-electron chi connectivity index (χ0n) is 10.1. The molecule has 0 aliphatic heterocycles. The second kappa shape index (κ2) is 5.51. The second-order valence-electron chi connectivity index (χ2n) is 3.86. The number of thiophene rings is 1. The molecule has 0 amide bonds. The Morgan fingerprint density at radius 3 is 2.83 bits per heavy atom. The van der Waals surface area contributed by atoms with Gasteiger partial charge in [-0.1, -0.05) is 11.6 Å². The van der Waals surface area contributed by atoms with Gasteiger partial charge in [0.1, 0.15) is 17.5 Å². The summed E-state index contributed by atoms with van der Waals surface area (Å²) in [6.07, 6.45) is 0. The predicted molar refractivity (Wildman–Crippen MR) is 76.0 cm³/mol. The van der Waals surface area contributed by atoms with Crippen LogP contribution < -0.4 is 16.2 Å². The highest BCUT2D eigenvalue weighted by molar-refractivity contribution is 7.16. The van der Waals surface area contributed by atoms with Crippen LogP contribution in [0, 0.1) is 6.92 Å². The number of aromatic nitrogens is 2. The molecule has 2 aromatic heterocycles. The van der Waals surface area contributed by atoms with Gasteiger partial charge >= 0.3 is 0 Å². The minimum Gasteiger partial charge on any atom is -0.354 e. The molecule has 0 saturated heterocycles. The van der Waals surface area contributed by atoms with E-state index in [4.69, 9.17) is 17.4 Å². The van der Waals surface area contributed by atoms with Crippen molar-refractivity contribution < 1.29 is 0 Å². The normalized spacial score (nSPS) is 10.4. The van der Waals surface area contributed by atoms with Gasteiger partial charge in [0, 0.05) is 18.0 Å². The third kappa shape index (κ3) is 3.10. The quantitative estimate of drug-likeness (QED) is 0.666. The van der Waals surface area contributed by atoms with Gasteiger partial charge < -0.3 is 10.3 Å². The van der Waals surface area contributed by atoms with E-state index in [1.807, 2.05) is 37.1 Å². The number of halogens is 1. The SMILES string of the molecule is Cc1nc(NN)cc(N(C)Cc2ccc(Cl)s2)n1. The first kappa shape index (κ1) is 13.1. The summed E-state index contributed by atoms with van der Waals surface area (Å²) in [4.78, 5) is 11.7. The van der Waals surface area contributed by atoms with Crippen LogP contribution in [0.5, 0.6) is 0 Å². The highest BCUT2D eigenvalue weighted by Crippen LogP contribution is 2.24. The summed E-state index contributed by atoms with van der Waals surface area (Å²) < 4.78 is 0.793. The van der Waals surface area contributed by atoms with Gasteiger partial charge in [-0.2, -0.15) is 0 Å². The first-order chi connectivity index (χ1) is 8.58. The van der Waals surface area contributed by atoms with Gasteiger partial charge in [0.2, 0.25) is 0 Å². The Kier molecular flexibility index (Phi) is 4.00. The lowest BCUT2D eigenvalue weighted by Gasteiger charge is -2.18. The smallest absolute Gasteiger partial charge is 0.145 e. The van der Waals surface area contributed by atoms with Crippen LogP contribution in [0.1, 0.15) is 10.7 Å². The van der Waals surface area contributed by atoms with Crippen LogP contribution >= 0.6 is 22.9 Å². The third-order valence-electron chi connectivity index (χ3n) is 2.39. The van der Waals surface area contributed by atoms with Crippen molar-refractivity contribution in [2.45, 2.75) is 13.5 Å². The molecule has 0 aliphatic carbocycles. The third-order valence-corrected chi connectivity index (χ3v) is 3.60. The molecule has 0 spiro atoms. The van der Waals surface area contributed by atoms with Crippen LogP contribution in [0.2, 0.25) is 4.34 Å². The molecule has 96 valence electrons. The maximum absolute atomic E-state index is 5.91. The first-order valence-corrected chi connectivity index (χ1v) is 6.55. The molecule has 0 atom stereocenters. The van der Waals surface area contributed by atoms with Crippen molar-refractivity contribution in [3.63, 3.8) is 0 Å². The molecule has 2 aromatic rings. The van der Waals surface area contributed by atoms with Crippen LogP contribution in [0.15, 0.2) is 18.2 Å². The highest BCUT2D eigenvalue weighted by Gasteiger charge is 2.08. The van der Waals surface area contributed by atoms with E-state index in [0.29, 0.717) is 11.6 Å². The lowest BCUT2D eigenvalue weighted by molar-refractivity contribution is 0.891. The monoisotopic (exact) mass is 283 g/mol. The number of hydrogen-bond donors (Lipinski definition) is 2. The molecule has 3 N–H and O–H groups in total. The summed E-state index contributed by atoms with van der Waals surface area (Å²) in [5.74, 6) is 7.47. The number of rotatable bonds is 4. The topological polar surface area (TPSA) is 67.1 Å². The zero-order valence-corrected chi connectivity index (χ0v) is 11.7. The summed E-state index contributed by atoms with van der Waals surface area (Å²) in [6, 6.07) is 5.72. The molecule has 5 nitrogen and oxygen atoms in total. The lowest BCUT2D eigenvalue weighted by Crippen LogP contribution is -2.19. The van der Waals surface area contributed by atoms with Gasteiger partial charge in [0.05, 0.1) is 10.9 Å². The Balaban J connectivity index is 2.17. The maximum atomic E-state index is 5.91. The van der Waals surface area contributed by atoms with Crippen LogP contribution in [0.3, 0.4) is 0 Å². The summed E-state index contributed by atoms with van der Waals surface area (Å²) in [5.41, 5.74) is 2.53. The highest BCUT2D eigenvalue weighted by atomic mass is 35.5. The summed E-state index contributed by atoms with van der Waals surface area (Å²) in [7, 11) is 1.97. The number of nitrogens with one attached hydrogen (secondary N) is 1. The van der Waals surface area contributed by atoms with Gasteiger partial charge in [-0.3, -0.25) is 0 Å². The Bertz CT molecular complexity index is 542. The van der Waals surface area contributed by atoms with E-state index in [9.17, 15) is 0 Å². The van der Waals surface area contributed by atoms with E-state index in [0.717, 1.165) is 16.7 Å². The molecule has 0 aliphatic rings. The number of hydrazine groups is 1. The van der Waals surface area contributed by atoms with Crippen molar-refractivity contribution in [1.29, 1.82) is 0 Å². The molecule has 2 rings (SSSR count). The van der Waals surface area contributed by atoms with E-state index in [1.165, 1.54) is 4.88 Å². The standard InChI is InChI=1S/C11H14ClN5S/c1-7-14-10(16-13)5-11(15-7)17(2)6-8-3-4-9(12)18-8/h3-5H,6,13H2,1-2H3,(H,14,15,16). The molecule has 0 unspecified atom stereocenters. The average Bonchev–Trinajstić information content (AvgIpc) is 2.73. The number of aryl methyl sites for hydroxylation is 1. The average molecular weight is 284 g/mol. The van der Waals surface area contributed by atoms with Crippen LogP contribution in [-0.2, 0) is 6.54 Å². The fourth-order valence-electron chi connectivity index (χ4n) is 1.57. The van der Waals surface area contributed by atoms with Gasteiger partial charge in [-0.05, 0) is 19.1 Å².